The van der Waals surface area contributed by atoms with Gasteiger partial charge in [-0.1, -0.05) is 19.1 Å². The number of benzene rings is 1. The van der Waals surface area contributed by atoms with E-state index in [1.807, 2.05) is 39.0 Å². The fraction of sp³-hybridized carbons (Fsp3) is 0.400. The number of hydrogen-bond acceptors (Lipinski definition) is 2. The van der Waals surface area contributed by atoms with E-state index in [2.05, 4.69) is 10.4 Å². The van der Waals surface area contributed by atoms with Crippen molar-refractivity contribution in [1.29, 1.82) is 0 Å². The Hall–Kier alpha value is -1.75. The molecule has 0 saturated carbocycles. The van der Waals surface area contributed by atoms with Gasteiger partial charge in [-0.25, -0.2) is 13.5 Å². The Labute approximate surface area is 117 Å². The minimum atomic E-state index is -2.55. The Morgan fingerprint density at radius 2 is 2.05 bits per heavy atom. The van der Waals surface area contributed by atoms with Gasteiger partial charge in [0.1, 0.15) is 5.69 Å². The van der Waals surface area contributed by atoms with Crippen molar-refractivity contribution in [2.45, 2.75) is 33.7 Å². The van der Waals surface area contributed by atoms with E-state index in [4.69, 9.17) is 0 Å². The molecule has 0 atom stereocenters. The van der Waals surface area contributed by atoms with Gasteiger partial charge in [0.05, 0.1) is 11.9 Å². The maximum atomic E-state index is 13.4. The summed E-state index contributed by atoms with van der Waals surface area (Å²) < 4.78 is 28.1. The fourth-order valence-electron chi connectivity index (χ4n) is 2.16. The standard InChI is InChI=1S/C15H19F2N3/c1-4-18-8-12-9-19-20(14(12)15(16)17)13-7-10(2)5-6-11(13)3/h5-7,9,15,18H,4,8H2,1-3H3. The maximum Gasteiger partial charge on any atom is 0.280 e. The first-order chi connectivity index (χ1) is 9.54. The number of nitrogens with one attached hydrogen (secondary N) is 1. The van der Waals surface area contributed by atoms with Gasteiger partial charge in [-0.05, 0) is 37.6 Å². The Morgan fingerprint density at radius 1 is 1.30 bits per heavy atom. The van der Waals surface area contributed by atoms with Gasteiger partial charge >= 0.3 is 0 Å². The van der Waals surface area contributed by atoms with Crippen molar-refractivity contribution in [2.75, 3.05) is 6.54 Å². The quantitative estimate of drug-likeness (QED) is 0.907. The summed E-state index contributed by atoms with van der Waals surface area (Å²) in [7, 11) is 0. The molecule has 1 aromatic carbocycles. The van der Waals surface area contributed by atoms with Crippen molar-refractivity contribution < 1.29 is 8.78 Å². The zero-order valence-electron chi connectivity index (χ0n) is 12.0. The summed E-state index contributed by atoms with van der Waals surface area (Å²) in [6.07, 6.45) is -1.03. The molecule has 0 aliphatic rings. The average Bonchev–Trinajstić information content (AvgIpc) is 2.83. The highest BCUT2D eigenvalue weighted by molar-refractivity contribution is 5.44. The highest BCUT2D eigenvalue weighted by Gasteiger charge is 2.21. The lowest BCUT2D eigenvalue weighted by molar-refractivity contribution is 0.141. The maximum absolute atomic E-state index is 13.4. The third-order valence-electron chi connectivity index (χ3n) is 3.25. The predicted molar refractivity (Wildman–Crippen MR) is 75.4 cm³/mol. The van der Waals surface area contributed by atoms with E-state index in [0.717, 1.165) is 17.7 Å². The van der Waals surface area contributed by atoms with E-state index in [9.17, 15) is 8.78 Å². The topological polar surface area (TPSA) is 29.9 Å². The SMILES string of the molecule is CCNCc1cnn(-c2cc(C)ccc2C)c1C(F)F. The molecule has 0 amide bonds. The summed E-state index contributed by atoms with van der Waals surface area (Å²) in [5, 5.41) is 7.22. The molecule has 5 heteroatoms. The van der Waals surface area contributed by atoms with Gasteiger partial charge in [-0.3, -0.25) is 0 Å². The van der Waals surface area contributed by atoms with Crippen molar-refractivity contribution in [3.8, 4) is 5.69 Å². The monoisotopic (exact) mass is 279 g/mol. The van der Waals surface area contributed by atoms with Crippen molar-refractivity contribution in [3.63, 3.8) is 0 Å². The lowest BCUT2D eigenvalue weighted by Crippen LogP contribution is -2.14. The van der Waals surface area contributed by atoms with Crippen LogP contribution in [0.2, 0.25) is 0 Å². The summed E-state index contributed by atoms with van der Waals surface area (Å²) >= 11 is 0. The minimum absolute atomic E-state index is 0.0281. The zero-order valence-corrected chi connectivity index (χ0v) is 12.0. The van der Waals surface area contributed by atoms with Crippen LogP contribution in [0, 0.1) is 13.8 Å². The van der Waals surface area contributed by atoms with Gasteiger partial charge in [0.2, 0.25) is 0 Å². The first-order valence-corrected chi connectivity index (χ1v) is 6.67. The van der Waals surface area contributed by atoms with Gasteiger partial charge in [0.25, 0.3) is 6.43 Å². The molecule has 0 radical (unpaired) electrons. The normalized spacial score (nSPS) is 11.3. The molecule has 0 unspecified atom stereocenters. The summed E-state index contributed by atoms with van der Waals surface area (Å²) in [5.41, 5.74) is 3.18. The van der Waals surface area contributed by atoms with Crippen LogP contribution in [0.15, 0.2) is 24.4 Å². The van der Waals surface area contributed by atoms with Gasteiger partial charge < -0.3 is 5.32 Å². The molecule has 1 heterocycles. The van der Waals surface area contributed by atoms with Crippen LogP contribution in [0.5, 0.6) is 0 Å². The third-order valence-corrected chi connectivity index (χ3v) is 3.25. The number of hydrogen-bond donors (Lipinski definition) is 1. The van der Waals surface area contributed by atoms with Crippen LogP contribution in [0.1, 0.15) is 35.7 Å². The summed E-state index contributed by atoms with van der Waals surface area (Å²) in [5.74, 6) is 0. The van der Waals surface area contributed by atoms with E-state index >= 15 is 0 Å². The first kappa shape index (κ1) is 14.7. The average molecular weight is 279 g/mol. The summed E-state index contributed by atoms with van der Waals surface area (Å²) in [6, 6.07) is 5.76. The number of aryl methyl sites for hydroxylation is 2. The van der Waals surface area contributed by atoms with E-state index < -0.39 is 6.43 Å². The predicted octanol–water partition coefficient (Wildman–Crippen LogP) is 3.54. The van der Waals surface area contributed by atoms with Crippen molar-refractivity contribution >= 4 is 0 Å². The molecular weight excluding hydrogens is 260 g/mol. The second-order valence-corrected chi connectivity index (χ2v) is 4.84. The van der Waals surface area contributed by atoms with Gasteiger partial charge in [0, 0.05) is 12.1 Å². The van der Waals surface area contributed by atoms with Crippen LogP contribution in [-0.2, 0) is 6.54 Å². The van der Waals surface area contributed by atoms with E-state index in [-0.39, 0.29) is 5.69 Å². The van der Waals surface area contributed by atoms with Crippen molar-refractivity contribution in [3.05, 3.63) is 46.8 Å². The van der Waals surface area contributed by atoms with Crippen LogP contribution >= 0.6 is 0 Å². The van der Waals surface area contributed by atoms with Gasteiger partial charge in [-0.15, -0.1) is 0 Å². The number of halogens is 2. The molecule has 0 bridgehead atoms. The number of alkyl halides is 2. The lowest BCUT2D eigenvalue weighted by Gasteiger charge is -2.12. The fourth-order valence-corrected chi connectivity index (χ4v) is 2.16. The van der Waals surface area contributed by atoms with Gasteiger partial charge in [-0.2, -0.15) is 5.10 Å². The minimum Gasteiger partial charge on any atom is -0.313 e. The first-order valence-electron chi connectivity index (χ1n) is 6.67. The van der Waals surface area contributed by atoms with Crippen molar-refractivity contribution in [1.82, 2.24) is 15.1 Å². The molecule has 0 aliphatic heterocycles. The van der Waals surface area contributed by atoms with Crippen LogP contribution in [0.25, 0.3) is 5.69 Å². The molecule has 1 N–H and O–H groups in total. The number of rotatable bonds is 5. The number of aromatic nitrogens is 2. The van der Waals surface area contributed by atoms with E-state index in [1.54, 1.807) is 0 Å². The van der Waals surface area contributed by atoms with E-state index in [1.165, 1.54) is 10.9 Å². The number of nitrogens with zero attached hydrogens (tertiary/aromatic N) is 2. The Kier molecular flexibility index (Phi) is 4.49. The zero-order chi connectivity index (χ0) is 14.7. The molecule has 1 aromatic heterocycles. The molecule has 20 heavy (non-hydrogen) atoms. The molecule has 0 fully saturated rings. The molecule has 108 valence electrons. The molecule has 0 aliphatic carbocycles. The Morgan fingerprint density at radius 3 is 2.70 bits per heavy atom. The molecule has 2 aromatic rings. The molecule has 0 spiro atoms. The van der Waals surface area contributed by atoms with Crippen LogP contribution in [0.4, 0.5) is 8.78 Å². The molecular formula is C15H19F2N3. The largest absolute Gasteiger partial charge is 0.313 e. The second-order valence-electron chi connectivity index (χ2n) is 4.84. The Bertz CT molecular complexity index is 591. The molecule has 3 nitrogen and oxygen atoms in total. The van der Waals surface area contributed by atoms with Crippen LogP contribution < -0.4 is 5.32 Å². The van der Waals surface area contributed by atoms with Crippen LogP contribution in [-0.4, -0.2) is 16.3 Å². The van der Waals surface area contributed by atoms with E-state index in [0.29, 0.717) is 17.8 Å². The second kappa shape index (κ2) is 6.13. The third kappa shape index (κ3) is 2.88. The van der Waals surface area contributed by atoms with Crippen LogP contribution in [0.3, 0.4) is 0 Å². The summed E-state index contributed by atoms with van der Waals surface area (Å²) in [6.45, 7) is 6.92. The Balaban J connectivity index is 2.51. The molecule has 2 rings (SSSR count). The lowest BCUT2D eigenvalue weighted by atomic mass is 10.1. The molecule has 0 saturated heterocycles. The van der Waals surface area contributed by atoms with Crippen molar-refractivity contribution in [2.24, 2.45) is 0 Å². The smallest absolute Gasteiger partial charge is 0.280 e. The highest BCUT2D eigenvalue weighted by atomic mass is 19.3. The highest BCUT2D eigenvalue weighted by Crippen LogP contribution is 2.27. The van der Waals surface area contributed by atoms with Gasteiger partial charge in [0.15, 0.2) is 0 Å². The summed E-state index contributed by atoms with van der Waals surface area (Å²) in [4.78, 5) is 0.